The smallest absolute Gasteiger partial charge is 0.205 e. The second-order valence-corrected chi connectivity index (χ2v) is 16.7. The van der Waals surface area contributed by atoms with Crippen LogP contribution in [0, 0.1) is 11.8 Å². The molecule has 4 heterocycles. The normalized spacial score (nSPS) is 17.7. The molecular formula is C50H54N2O6. The Morgan fingerprint density at radius 3 is 1.98 bits per heavy atom. The highest BCUT2D eigenvalue weighted by Gasteiger charge is 2.37. The molecule has 8 heteroatoms. The van der Waals surface area contributed by atoms with Crippen LogP contribution in [-0.4, -0.2) is 65.4 Å². The van der Waals surface area contributed by atoms with Gasteiger partial charge in [-0.3, -0.25) is 9.80 Å². The maximum absolute atomic E-state index is 7.24. The van der Waals surface area contributed by atoms with Gasteiger partial charge in [0.1, 0.15) is 5.75 Å². The average Bonchev–Trinajstić information content (AvgIpc) is 3.22. The Morgan fingerprint density at radius 1 is 0.638 bits per heavy atom. The van der Waals surface area contributed by atoms with Gasteiger partial charge in [0.2, 0.25) is 5.75 Å². The Morgan fingerprint density at radius 2 is 1.29 bits per heavy atom. The molecule has 0 radical (unpaired) electrons. The minimum Gasteiger partial charge on any atom is -0.493 e. The monoisotopic (exact) mass is 778 g/mol. The topological polar surface area (TPSA) is 61.9 Å². The third-order valence-corrected chi connectivity index (χ3v) is 12.1. The number of hydrogen-bond donors (Lipinski definition) is 0. The van der Waals surface area contributed by atoms with Crippen LogP contribution >= 0.6 is 0 Å². The van der Waals surface area contributed by atoms with Crippen molar-refractivity contribution in [2.24, 2.45) is 0 Å². The van der Waals surface area contributed by atoms with Gasteiger partial charge in [-0.05, 0) is 127 Å². The number of ether oxygens (including phenoxy) is 6. The predicted molar refractivity (Wildman–Crippen MR) is 229 cm³/mol. The molecule has 6 bridgehead atoms. The van der Waals surface area contributed by atoms with Crippen LogP contribution < -0.4 is 28.4 Å². The van der Waals surface area contributed by atoms with Crippen LogP contribution in [0.1, 0.15) is 82.9 Å². The van der Waals surface area contributed by atoms with Crippen LogP contribution in [0.2, 0.25) is 0 Å². The van der Waals surface area contributed by atoms with Gasteiger partial charge < -0.3 is 28.4 Å². The first kappa shape index (κ1) is 39.2. The quantitative estimate of drug-likeness (QED) is 0.167. The first-order valence-corrected chi connectivity index (χ1v) is 20.2. The van der Waals surface area contributed by atoms with Crippen LogP contribution in [0.25, 0.3) is 0 Å². The van der Waals surface area contributed by atoms with Crippen LogP contribution in [0.5, 0.6) is 46.0 Å². The molecule has 5 aromatic carbocycles. The summed E-state index contributed by atoms with van der Waals surface area (Å²) in [6, 6.07) is 27.5. The number of hydrogen-bond acceptors (Lipinski definition) is 8. The summed E-state index contributed by atoms with van der Waals surface area (Å²) in [5, 5.41) is 0. The molecule has 0 N–H and O–H groups in total. The molecule has 0 unspecified atom stereocenters. The molecule has 300 valence electrons. The molecule has 0 aromatic heterocycles. The largest absolute Gasteiger partial charge is 0.493 e. The maximum atomic E-state index is 7.24. The van der Waals surface area contributed by atoms with Crippen LogP contribution in [-0.2, 0) is 31.1 Å². The predicted octanol–water partition coefficient (Wildman–Crippen LogP) is 9.86. The highest BCUT2D eigenvalue weighted by molar-refractivity contribution is 5.71. The summed E-state index contributed by atoms with van der Waals surface area (Å²) < 4.78 is 38.3. The first-order valence-electron chi connectivity index (χ1n) is 20.2. The molecular weight excluding hydrogens is 725 g/mol. The fourth-order valence-electron chi connectivity index (χ4n) is 8.73. The van der Waals surface area contributed by atoms with E-state index in [0.29, 0.717) is 46.7 Å². The molecule has 0 saturated heterocycles. The summed E-state index contributed by atoms with van der Waals surface area (Å²) in [5.74, 6) is 12.1. The molecule has 0 spiro atoms. The molecule has 4 aliphatic heterocycles. The third kappa shape index (κ3) is 7.45. The number of likely N-dealkylation sites (N-methyl/N-ethyl adjacent to an activating group) is 2. The second kappa shape index (κ2) is 16.0. The average molecular weight is 779 g/mol. The van der Waals surface area contributed by atoms with Gasteiger partial charge in [0, 0.05) is 36.3 Å². The van der Waals surface area contributed by atoms with Gasteiger partial charge in [0.25, 0.3) is 0 Å². The van der Waals surface area contributed by atoms with Crippen LogP contribution in [0.15, 0.2) is 78.9 Å². The molecule has 58 heavy (non-hydrogen) atoms. The summed E-state index contributed by atoms with van der Waals surface area (Å²) in [6.45, 7) is 8.41. The van der Waals surface area contributed by atoms with E-state index in [0.717, 1.165) is 65.9 Å². The summed E-state index contributed by atoms with van der Waals surface area (Å²) >= 11 is 0. The number of methoxy groups -OCH3 is 4. The van der Waals surface area contributed by atoms with Crippen molar-refractivity contribution in [2.75, 3.05) is 55.6 Å². The third-order valence-electron chi connectivity index (χ3n) is 12.1. The zero-order chi connectivity index (χ0) is 40.7. The Labute approximate surface area is 343 Å². The van der Waals surface area contributed by atoms with E-state index in [-0.39, 0.29) is 17.5 Å². The number of rotatable bonds is 4. The van der Waals surface area contributed by atoms with Gasteiger partial charge in [0.15, 0.2) is 34.5 Å². The van der Waals surface area contributed by atoms with Crippen molar-refractivity contribution in [1.82, 2.24) is 9.80 Å². The Balaban J connectivity index is 1.37. The van der Waals surface area contributed by atoms with Crippen LogP contribution in [0.3, 0.4) is 0 Å². The van der Waals surface area contributed by atoms with Crippen molar-refractivity contribution in [3.05, 3.63) is 129 Å². The summed E-state index contributed by atoms with van der Waals surface area (Å²) in [4.78, 5) is 4.82. The van der Waals surface area contributed by atoms with Gasteiger partial charge in [-0.25, -0.2) is 0 Å². The standard InChI is InChI=1S/C50H54N2O6/c1-50(2,3)35-16-10-31(11-17-35)14-20-38-37-23-25-52(5)41-27-33-15-21-42(53-6)44(28-33)57-36-18-12-32(13-19-36)26-40-39-30-45(43(54-7)29-34(39)22-24-51(40)4)58-48(46(37)41)49(56-9)47(38)55-8/h10-13,15-19,21,28-30,40-41H,22-27H2,1-9H3/t40-,41-/m0/s1. The summed E-state index contributed by atoms with van der Waals surface area (Å²) in [7, 11) is 11.1. The Bertz CT molecular complexity index is 2390. The molecule has 2 atom stereocenters. The molecule has 0 aliphatic carbocycles. The lowest BCUT2D eigenvalue weighted by Crippen LogP contribution is -2.34. The van der Waals surface area contributed by atoms with E-state index in [1.807, 2.05) is 6.07 Å². The van der Waals surface area contributed by atoms with E-state index in [1.54, 1.807) is 28.4 Å². The van der Waals surface area contributed by atoms with E-state index in [1.165, 1.54) is 22.3 Å². The molecule has 9 rings (SSSR count). The lowest BCUT2D eigenvalue weighted by molar-refractivity contribution is 0.220. The highest BCUT2D eigenvalue weighted by Crippen LogP contribution is 2.53. The highest BCUT2D eigenvalue weighted by atomic mass is 16.5. The van der Waals surface area contributed by atoms with Crippen molar-refractivity contribution in [3.63, 3.8) is 0 Å². The first-order chi connectivity index (χ1) is 28.0. The van der Waals surface area contributed by atoms with Gasteiger partial charge >= 0.3 is 0 Å². The zero-order valence-electron chi connectivity index (χ0n) is 35.2. The summed E-state index contributed by atoms with van der Waals surface area (Å²) in [5.41, 5.74) is 9.93. The van der Waals surface area contributed by atoms with Gasteiger partial charge in [-0.15, -0.1) is 0 Å². The number of fused-ring (bicyclic) bond motifs is 2. The fourth-order valence-corrected chi connectivity index (χ4v) is 8.73. The number of nitrogens with zero attached hydrogens (tertiary/aromatic N) is 2. The zero-order valence-corrected chi connectivity index (χ0v) is 35.2. The van der Waals surface area contributed by atoms with E-state index >= 15 is 0 Å². The molecule has 4 aliphatic rings. The van der Waals surface area contributed by atoms with Crippen molar-refractivity contribution in [1.29, 1.82) is 0 Å². The minimum absolute atomic E-state index is 0.0494. The summed E-state index contributed by atoms with van der Waals surface area (Å²) in [6.07, 6.45) is 3.13. The molecule has 0 fully saturated rings. The van der Waals surface area contributed by atoms with Crippen molar-refractivity contribution in [2.45, 2.75) is 64.0 Å². The van der Waals surface area contributed by atoms with E-state index in [4.69, 9.17) is 28.4 Å². The molecule has 0 amide bonds. The van der Waals surface area contributed by atoms with E-state index in [9.17, 15) is 0 Å². The van der Waals surface area contributed by atoms with Gasteiger partial charge in [-0.1, -0.05) is 62.9 Å². The molecule has 5 aromatic rings. The number of benzene rings is 5. The van der Waals surface area contributed by atoms with E-state index < -0.39 is 0 Å². The SMILES string of the molecule is COc1ccc2cc1Oc1ccc(cc1)C[C@H]1c3cc(c(OC)cc3CCN1C)Oc1c(OC)c(OC)c(C#Cc3ccc(C(C)(C)C)cc3)c3c1[C@H](C2)N(C)CC3. The maximum Gasteiger partial charge on any atom is 0.205 e. The molecule has 0 saturated carbocycles. The van der Waals surface area contributed by atoms with Gasteiger partial charge in [-0.2, -0.15) is 0 Å². The van der Waals surface area contributed by atoms with Crippen molar-refractivity contribution in [3.8, 4) is 57.8 Å². The Hall–Kier alpha value is -5.62. The lowest BCUT2D eigenvalue weighted by atomic mass is 9.84. The van der Waals surface area contributed by atoms with E-state index in [2.05, 4.69) is 129 Å². The Kier molecular flexibility index (Phi) is 10.8. The fraction of sp³-hybridized carbons (Fsp3) is 0.360. The van der Waals surface area contributed by atoms with Gasteiger partial charge in [0.05, 0.1) is 34.0 Å². The molecule has 8 nitrogen and oxygen atoms in total. The van der Waals surface area contributed by atoms with Crippen molar-refractivity contribution < 1.29 is 28.4 Å². The minimum atomic E-state index is -0.118. The van der Waals surface area contributed by atoms with Crippen molar-refractivity contribution >= 4 is 0 Å². The lowest BCUT2D eigenvalue weighted by Gasteiger charge is -2.38. The second-order valence-electron chi connectivity index (χ2n) is 16.7. The van der Waals surface area contributed by atoms with Crippen LogP contribution in [0.4, 0.5) is 0 Å².